The molecule has 5 heteroatoms. The third-order valence-electron chi connectivity index (χ3n) is 2.94. The first-order valence-corrected chi connectivity index (χ1v) is 6.15. The van der Waals surface area contributed by atoms with Gasteiger partial charge in [-0.1, -0.05) is 18.2 Å². The summed E-state index contributed by atoms with van der Waals surface area (Å²) in [5, 5.41) is 5.05. The van der Waals surface area contributed by atoms with E-state index in [1.54, 1.807) is 23.1 Å². The molecule has 19 heavy (non-hydrogen) atoms. The molecule has 0 unspecified atom stereocenters. The van der Waals surface area contributed by atoms with Crippen LogP contribution in [0.2, 0.25) is 5.02 Å². The summed E-state index contributed by atoms with van der Waals surface area (Å²) in [6, 6.07) is 5.65. The molecule has 0 bridgehead atoms. The van der Waals surface area contributed by atoms with Crippen molar-refractivity contribution < 1.29 is 0 Å². The molecule has 3 aromatic heterocycles. The van der Waals surface area contributed by atoms with Crippen LogP contribution in [-0.2, 0) is 0 Å². The van der Waals surface area contributed by atoms with Crippen molar-refractivity contribution in [3.8, 4) is 0 Å². The summed E-state index contributed by atoms with van der Waals surface area (Å²) in [4.78, 5) is 8.40. The SMILES string of the molecule is C=C(c1ccc2nccn2n1)c1cc(Cl)cnc1C. The Morgan fingerprint density at radius 1 is 1.32 bits per heavy atom. The van der Waals surface area contributed by atoms with Gasteiger partial charge in [0.2, 0.25) is 0 Å². The van der Waals surface area contributed by atoms with E-state index in [4.69, 9.17) is 11.6 Å². The molecule has 0 spiro atoms. The van der Waals surface area contributed by atoms with Crippen LogP contribution in [0.4, 0.5) is 0 Å². The van der Waals surface area contributed by atoms with E-state index >= 15 is 0 Å². The fourth-order valence-corrected chi connectivity index (χ4v) is 2.09. The van der Waals surface area contributed by atoms with Crippen LogP contribution < -0.4 is 0 Å². The number of rotatable bonds is 2. The number of halogens is 1. The van der Waals surface area contributed by atoms with Gasteiger partial charge in [-0.15, -0.1) is 0 Å². The minimum atomic E-state index is 0.588. The lowest BCUT2D eigenvalue weighted by Crippen LogP contribution is -1.99. The Morgan fingerprint density at radius 2 is 2.16 bits per heavy atom. The van der Waals surface area contributed by atoms with Gasteiger partial charge in [0.15, 0.2) is 5.65 Å². The first-order chi connectivity index (χ1) is 9.15. The third kappa shape index (κ3) is 2.11. The molecule has 0 fully saturated rings. The van der Waals surface area contributed by atoms with Gasteiger partial charge in [-0.3, -0.25) is 4.98 Å². The molecule has 3 aromatic rings. The molecule has 0 aliphatic rings. The van der Waals surface area contributed by atoms with Crippen LogP contribution in [0, 0.1) is 6.92 Å². The summed E-state index contributed by atoms with van der Waals surface area (Å²) in [6.07, 6.45) is 5.14. The van der Waals surface area contributed by atoms with Crippen molar-refractivity contribution in [2.24, 2.45) is 0 Å². The highest BCUT2D eigenvalue weighted by Gasteiger charge is 2.09. The van der Waals surface area contributed by atoms with Crippen molar-refractivity contribution >= 4 is 22.8 Å². The summed E-state index contributed by atoms with van der Waals surface area (Å²) in [5.41, 5.74) is 4.15. The molecule has 94 valence electrons. The second-order valence-corrected chi connectivity index (χ2v) is 4.65. The molecule has 4 nitrogen and oxygen atoms in total. The summed E-state index contributed by atoms with van der Waals surface area (Å²) in [5.74, 6) is 0. The highest BCUT2D eigenvalue weighted by molar-refractivity contribution is 6.30. The maximum Gasteiger partial charge on any atom is 0.153 e. The number of nitrogens with zero attached hydrogens (tertiary/aromatic N) is 4. The zero-order valence-corrected chi connectivity index (χ0v) is 11.1. The fourth-order valence-electron chi connectivity index (χ4n) is 1.93. The predicted octanol–water partition coefficient (Wildman–Crippen LogP) is 3.15. The molecule has 0 aliphatic heterocycles. The summed E-state index contributed by atoms with van der Waals surface area (Å²) >= 11 is 5.99. The third-order valence-corrected chi connectivity index (χ3v) is 3.15. The second kappa shape index (κ2) is 4.48. The number of hydrogen-bond acceptors (Lipinski definition) is 3. The fraction of sp³-hybridized carbons (Fsp3) is 0.0714. The Bertz CT molecular complexity index is 776. The smallest absolute Gasteiger partial charge is 0.153 e. The predicted molar refractivity (Wildman–Crippen MR) is 75.1 cm³/mol. The monoisotopic (exact) mass is 270 g/mol. The molecule has 0 saturated carbocycles. The largest absolute Gasteiger partial charge is 0.259 e. The maximum absolute atomic E-state index is 5.99. The van der Waals surface area contributed by atoms with Crippen LogP contribution in [0.15, 0.2) is 43.4 Å². The number of hydrogen-bond donors (Lipinski definition) is 0. The van der Waals surface area contributed by atoms with Crippen molar-refractivity contribution in [1.82, 2.24) is 19.6 Å². The van der Waals surface area contributed by atoms with Crippen molar-refractivity contribution in [2.75, 3.05) is 0 Å². The molecular formula is C14H11ClN4. The topological polar surface area (TPSA) is 43.1 Å². The summed E-state index contributed by atoms with van der Waals surface area (Å²) < 4.78 is 1.72. The number of aryl methyl sites for hydroxylation is 1. The normalized spacial score (nSPS) is 10.8. The van der Waals surface area contributed by atoms with Gasteiger partial charge < -0.3 is 0 Å². The summed E-state index contributed by atoms with van der Waals surface area (Å²) in [7, 11) is 0. The van der Waals surface area contributed by atoms with Crippen molar-refractivity contribution in [2.45, 2.75) is 6.92 Å². The lowest BCUT2D eigenvalue weighted by molar-refractivity contribution is 0.921. The highest BCUT2D eigenvalue weighted by Crippen LogP contribution is 2.24. The van der Waals surface area contributed by atoms with Crippen molar-refractivity contribution in [3.05, 3.63) is 65.3 Å². The van der Waals surface area contributed by atoms with E-state index in [0.29, 0.717) is 5.02 Å². The number of aromatic nitrogens is 4. The van der Waals surface area contributed by atoms with Crippen LogP contribution in [0.3, 0.4) is 0 Å². The minimum absolute atomic E-state index is 0.588. The van der Waals surface area contributed by atoms with E-state index in [1.165, 1.54) is 0 Å². The Kier molecular flexibility index (Phi) is 2.80. The van der Waals surface area contributed by atoms with E-state index in [9.17, 15) is 0 Å². The number of imidazole rings is 1. The van der Waals surface area contributed by atoms with E-state index in [0.717, 1.165) is 28.2 Å². The molecule has 0 atom stereocenters. The van der Waals surface area contributed by atoms with Crippen LogP contribution in [0.5, 0.6) is 0 Å². The van der Waals surface area contributed by atoms with E-state index < -0.39 is 0 Å². The molecule has 3 rings (SSSR count). The van der Waals surface area contributed by atoms with Gasteiger partial charge in [0.1, 0.15) is 0 Å². The average molecular weight is 271 g/mol. The minimum Gasteiger partial charge on any atom is -0.259 e. The average Bonchev–Trinajstić information content (AvgIpc) is 2.88. The molecule has 0 N–H and O–H groups in total. The molecule has 0 aliphatic carbocycles. The van der Waals surface area contributed by atoms with E-state index in [1.807, 2.05) is 25.1 Å². The Hall–Kier alpha value is -2.20. The van der Waals surface area contributed by atoms with Crippen LogP contribution in [0.25, 0.3) is 11.2 Å². The van der Waals surface area contributed by atoms with Crippen LogP contribution >= 0.6 is 11.6 Å². The molecular weight excluding hydrogens is 260 g/mol. The van der Waals surface area contributed by atoms with Gasteiger partial charge >= 0.3 is 0 Å². The standard InChI is InChI=1S/C14H11ClN4/c1-9(12-7-11(15)8-17-10(12)2)13-3-4-14-16-5-6-19(14)18-13/h3-8H,1H2,2H3. The van der Waals surface area contributed by atoms with Crippen molar-refractivity contribution in [3.63, 3.8) is 0 Å². The summed E-state index contributed by atoms with van der Waals surface area (Å²) in [6.45, 7) is 6.02. The zero-order chi connectivity index (χ0) is 13.4. The van der Waals surface area contributed by atoms with E-state index in [-0.39, 0.29) is 0 Å². The first-order valence-electron chi connectivity index (χ1n) is 5.77. The molecule has 3 heterocycles. The second-order valence-electron chi connectivity index (χ2n) is 4.21. The first kappa shape index (κ1) is 11.9. The quantitative estimate of drug-likeness (QED) is 0.718. The maximum atomic E-state index is 5.99. The molecule has 0 amide bonds. The Balaban J connectivity index is 2.09. The van der Waals surface area contributed by atoms with Gasteiger partial charge in [0, 0.05) is 35.4 Å². The van der Waals surface area contributed by atoms with Gasteiger partial charge in [0.05, 0.1) is 10.7 Å². The zero-order valence-electron chi connectivity index (χ0n) is 10.3. The molecule has 0 saturated heterocycles. The Morgan fingerprint density at radius 3 is 3.00 bits per heavy atom. The lowest BCUT2D eigenvalue weighted by atomic mass is 10.0. The number of pyridine rings is 1. The number of fused-ring (bicyclic) bond motifs is 1. The molecule has 0 radical (unpaired) electrons. The van der Waals surface area contributed by atoms with Gasteiger partial charge in [0.25, 0.3) is 0 Å². The van der Waals surface area contributed by atoms with Gasteiger partial charge in [-0.2, -0.15) is 5.10 Å². The van der Waals surface area contributed by atoms with Gasteiger partial charge in [-0.25, -0.2) is 9.50 Å². The lowest BCUT2D eigenvalue weighted by Gasteiger charge is -2.08. The van der Waals surface area contributed by atoms with Crippen molar-refractivity contribution in [1.29, 1.82) is 0 Å². The van der Waals surface area contributed by atoms with E-state index in [2.05, 4.69) is 21.6 Å². The van der Waals surface area contributed by atoms with Crippen LogP contribution in [-0.4, -0.2) is 19.6 Å². The van der Waals surface area contributed by atoms with Crippen LogP contribution in [0.1, 0.15) is 17.0 Å². The van der Waals surface area contributed by atoms with Gasteiger partial charge in [-0.05, 0) is 25.1 Å². The highest BCUT2D eigenvalue weighted by atomic mass is 35.5. The Labute approximate surface area is 115 Å². The molecule has 0 aromatic carbocycles.